The summed E-state index contributed by atoms with van der Waals surface area (Å²) >= 11 is 3.38. The van der Waals surface area contributed by atoms with Crippen LogP contribution in [0.4, 0.5) is 0 Å². The van der Waals surface area contributed by atoms with Crippen LogP contribution in [0.1, 0.15) is 15.9 Å². The van der Waals surface area contributed by atoms with Gasteiger partial charge in [-0.3, -0.25) is 4.79 Å². The van der Waals surface area contributed by atoms with E-state index in [9.17, 15) is 4.79 Å². The van der Waals surface area contributed by atoms with Crippen LogP contribution in [0.5, 0.6) is 5.75 Å². The SMILES string of the molecule is COc1ccccc1CN(C)C(=O)c1cccc(Br)c1. The third-order valence-electron chi connectivity index (χ3n) is 3.02. The number of carbonyl (C=O) groups excluding carboxylic acids is 1. The molecule has 0 bridgehead atoms. The highest BCUT2D eigenvalue weighted by molar-refractivity contribution is 9.10. The lowest BCUT2D eigenvalue weighted by Crippen LogP contribution is -2.26. The normalized spacial score (nSPS) is 10.2. The minimum Gasteiger partial charge on any atom is -0.496 e. The van der Waals surface area contributed by atoms with Gasteiger partial charge < -0.3 is 9.64 Å². The number of nitrogens with zero attached hydrogens (tertiary/aromatic N) is 1. The predicted molar refractivity (Wildman–Crippen MR) is 82.9 cm³/mol. The fraction of sp³-hybridized carbons (Fsp3) is 0.188. The molecule has 0 atom stereocenters. The van der Waals surface area contributed by atoms with E-state index in [4.69, 9.17) is 4.74 Å². The summed E-state index contributed by atoms with van der Waals surface area (Å²) in [5.41, 5.74) is 1.65. The van der Waals surface area contributed by atoms with Crippen molar-refractivity contribution >= 4 is 21.8 Å². The predicted octanol–water partition coefficient (Wildman–Crippen LogP) is 3.73. The summed E-state index contributed by atoms with van der Waals surface area (Å²) in [6, 6.07) is 15.1. The van der Waals surface area contributed by atoms with Crippen LogP contribution in [0.2, 0.25) is 0 Å². The lowest BCUT2D eigenvalue weighted by molar-refractivity contribution is 0.0784. The molecular formula is C16H16BrNO2. The summed E-state index contributed by atoms with van der Waals surface area (Å²) in [5.74, 6) is 0.776. The summed E-state index contributed by atoms with van der Waals surface area (Å²) in [6.07, 6.45) is 0. The van der Waals surface area contributed by atoms with Crippen LogP contribution in [0.25, 0.3) is 0 Å². The van der Waals surface area contributed by atoms with Crippen molar-refractivity contribution in [3.05, 3.63) is 64.1 Å². The molecule has 0 saturated carbocycles. The number of rotatable bonds is 4. The first-order valence-electron chi connectivity index (χ1n) is 6.24. The molecule has 0 aliphatic rings. The third kappa shape index (κ3) is 3.39. The summed E-state index contributed by atoms with van der Waals surface area (Å²) in [5, 5.41) is 0. The van der Waals surface area contributed by atoms with Crippen molar-refractivity contribution in [2.45, 2.75) is 6.54 Å². The third-order valence-corrected chi connectivity index (χ3v) is 3.51. The Labute approximate surface area is 127 Å². The van der Waals surface area contributed by atoms with Crippen LogP contribution in [0.3, 0.4) is 0 Å². The summed E-state index contributed by atoms with van der Waals surface area (Å²) in [4.78, 5) is 14.0. The number of hydrogen-bond acceptors (Lipinski definition) is 2. The van der Waals surface area contributed by atoms with Gasteiger partial charge in [0, 0.05) is 29.2 Å². The second kappa shape index (κ2) is 6.57. The van der Waals surface area contributed by atoms with Crippen molar-refractivity contribution in [3.63, 3.8) is 0 Å². The van der Waals surface area contributed by atoms with Gasteiger partial charge in [-0.25, -0.2) is 0 Å². The monoisotopic (exact) mass is 333 g/mol. The molecule has 0 aliphatic heterocycles. The molecule has 2 aromatic carbocycles. The maximum absolute atomic E-state index is 12.4. The maximum atomic E-state index is 12.4. The summed E-state index contributed by atoms with van der Waals surface area (Å²) < 4.78 is 6.20. The van der Waals surface area contributed by atoms with Crippen LogP contribution in [-0.2, 0) is 6.54 Å². The number of ether oxygens (including phenoxy) is 1. The molecule has 0 aliphatic carbocycles. The first-order chi connectivity index (χ1) is 9.61. The van der Waals surface area contributed by atoms with E-state index in [1.807, 2.05) is 48.5 Å². The molecule has 0 heterocycles. The second-order valence-electron chi connectivity index (χ2n) is 4.48. The fourth-order valence-electron chi connectivity index (χ4n) is 2.00. The number of benzene rings is 2. The highest BCUT2D eigenvalue weighted by Crippen LogP contribution is 2.20. The lowest BCUT2D eigenvalue weighted by atomic mass is 10.1. The van der Waals surface area contributed by atoms with Gasteiger partial charge in [-0.05, 0) is 24.3 Å². The van der Waals surface area contributed by atoms with Crippen LogP contribution in [-0.4, -0.2) is 25.0 Å². The van der Waals surface area contributed by atoms with Crippen molar-refractivity contribution in [3.8, 4) is 5.75 Å². The number of halogens is 1. The number of carbonyl (C=O) groups is 1. The van der Waals surface area contributed by atoms with E-state index in [0.29, 0.717) is 12.1 Å². The quantitative estimate of drug-likeness (QED) is 0.853. The zero-order valence-electron chi connectivity index (χ0n) is 11.5. The Morgan fingerprint density at radius 3 is 2.65 bits per heavy atom. The largest absolute Gasteiger partial charge is 0.496 e. The van der Waals surface area contributed by atoms with Gasteiger partial charge in [-0.1, -0.05) is 40.2 Å². The second-order valence-corrected chi connectivity index (χ2v) is 5.40. The van der Waals surface area contributed by atoms with Crippen LogP contribution < -0.4 is 4.74 Å². The molecule has 0 unspecified atom stereocenters. The average molecular weight is 334 g/mol. The standard InChI is InChI=1S/C16H16BrNO2/c1-18(11-13-6-3-4-9-15(13)20-2)16(19)12-7-5-8-14(17)10-12/h3-10H,11H2,1-2H3. The zero-order chi connectivity index (χ0) is 14.5. The first-order valence-corrected chi connectivity index (χ1v) is 7.04. The van der Waals surface area contributed by atoms with Crippen molar-refractivity contribution in [2.24, 2.45) is 0 Å². The van der Waals surface area contributed by atoms with E-state index in [-0.39, 0.29) is 5.91 Å². The minimum absolute atomic E-state index is 0.0165. The van der Waals surface area contributed by atoms with Gasteiger partial charge in [0.15, 0.2) is 0 Å². The van der Waals surface area contributed by atoms with Gasteiger partial charge in [0.05, 0.1) is 7.11 Å². The fourth-order valence-corrected chi connectivity index (χ4v) is 2.40. The maximum Gasteiger partial charge on any atom is 0.253 e. The van der Waals surface area contributed by atoms with E-state index in [1.54, 1.807) is 19.1 Å². The number of methoxy groups -OCH3 is 1. The Morgan fingerprint density at radius 1 is 1.20 bits per heavy atom. The molecule has 0 spiro atoms. The summed E-state index contributed by atoms with van der Waals surface area (Å²) in [6.45, 7) is 0.509. The molecule has 0 aromatic heterocycles. The van der Waals surface area contributed by atoms with Gasteiger partial charge in [-0.2, -0.15) is 0 Å². The lowest BCUT2D eigenvalue weighted by Gasteiger charge is -2.19. The van der Waals surface area contributed by atoms with E-state index in [1.165, 1.54) is 0 Å². The van der Waals surface area contributed by atoms with Crippen LogP contribution >= 0.6 is 15.9 Å². The average Bonchev–Trinajstić information content (AvgIpc) is 2.47. The highest BCUT2D eigenvalue weighted by atomic mass is 79.9. The molecular weight excluding hydrogens is 318 g/mol. The molecule has 2 rings (SSSR count). The van der Waals surface area contributed by atoms with Crippen molar-refractivity contribution in [2.75, 3.05) is 14.2 Å². The van der Waals surface area contributed by atoms with Gasteiger partial charge >= 0.3 is 0 Å². The Kier molecular flexibility index (Phi) is 4.79. The van der Waals surface area contributed by atoms with E-state index in [2.05, 4.69) is 15.9 Å². The Hall–Kier alpha value is -1.81. The van der Waals surface area contributed by atoms with E-state index in [0.717, 1.165) is 15.8 Å². The van der Waals surface area contributed by atoms with Gasteiger partial charge in [0.1, 0.15) is 5.75 Å². The molecule has 104 valence electrons. The molecule has 4 heteroatoms. The van der Waals surface area contributed by atoms with Crippen LogP contribution in [0, 0.1) is 0 Å². The molecule has 0 N–H and O–H groups in total. The van der Waals surface area contributed by atoms with E-state index < -0.39 is 0 Å². The Balaban J connectivity index is 2.15. The smallest absolute Gasteiger partial charge is 0.253 e. The topological polar surface area (TPSA) is 29.5 Å². The van der Waals surface area contributed by atoms with Gasteiger partial charge in [-0.15, -0.1) is 0 Å². The Morgan fingerprint density at radius 2 is 1.95 bits per heavy atom. The van der Waals surface area contributed by atoms with Crippen molar-refractivity contribution in [1.82, 2.24) is 4.90 Å². The van der Waals surface area contributed by atoms with Crippen molar-refractivity contribution < 1.29 is 9.53 Å². The number of para-hydroxylation sites is 1. The first kappa shape index (κ1) is 14.6. The number of amides is 1. The molecule has 0 fully saturated rings. The molecule has 2 aromatic rings. The van der Waals surface area contributed by atoms with Crippen LogP contribution in [0.15, 0.2) is 53.0 Å². The highest BCUT2D eigenvalue weighted by Gasteiger charge is 2.13. The summed E-state index contributed by atoms with van der Waals surface area (Å²) in [7, 11) is 3.42. The van der Waals surface area contributed by atoms with Crippen molar-refractivity contribution in [1.29, 1.82) is 0 Å². The number of hydrogen-bond donors (Lipinski definition) is 0. The molecule has 0 radical (unpaired) electrons. The molecule has 20 heavy (non-hydrogen) atoms. The molecule has 1 amide bonds. The minimum atomic E-state index is -0.0165. The van der Waals surface area contributed by atoms with E-state index >= 15 is 0 Å². The molecule has 3 nitrogen and oxygen atoms in total. The zero-order valence-corrected chi connectivity index (χ0v) is 13.1. The molecule has 0 saturated heterocycles. The Bertz CT molecular complexity index is 613. The van der Waals surface area contributed by atoms with Gasteiger partial charge in [0.25, 0.3) is 5.91 Å². The van der Waals surface area contributed by atoms with Gasteiger partial charge in [0.2, 0.25) is 0 Å².